The first-order valence-electron chi connectivity index (χ1n) is 11.0. The first-order chi connectivity index (χ1) is 16.8. The first-order valence-corrected chi connectivity index (χ1v) is 11.0. The number of benzene rings is 2. The number of anilines is 2. The van der Waals surface area contributed by atoms with E-state index in [1.807, 2.05) is 20.8 Å². The average Bonchev–Trinajstić information content (AvgIpc) is 2.86. The minimum Gasteiger partial charge on any atom is -0.488 e. The van der Waals surface area contributed by atoms with E-state index in [0.717, 1.165) is 11.1 Å². The summed E-state index contributed by atoms with van der Waals surface area (Å²) in [6, 6.07) is 10.2. The number of fused-ring (bicyclic) bond motifs is 1. The maximum Gasteiger partial charge on any atom is 0.308 e. The van der Waals surface area contributed by atoms with Crippen LogP contribution in [0.1, 0.15) is 39.5 Å². The number of esters is 1. The van der Waals surface area contributed by atoms with Gasteiger partial charge in [0.05, 0.1) is 16.9 Å². The Labute approximate surface area is 203 Å². The van der Waals surface area contributed by atoms with Gasteiger partial charge < -0.3 is 20.1 Å². The van der Waals surface area contributed by atoms with Crippen LogP contribution in [0.15, 0.2) is 54.4 Å². The molecule has 8 heteroatoms. The zero-order chi connectivity index (χ0) is 25.1. The summed E-state index contributed by atoms with van der Waals surface area (Å²) in [5, 5.41) is 5.68. The van der Waals surface area contributed by atoms with E-state index in [1.54, 1.807) is 42.5 Å². The maximum absolute atomic E-state index is 13.1. The molecule has 0 bridgehead atoms. The molecule has 4 rings (SSSR count). The molecule has 2 amide bonds. The first kappa shape index (κ1) is 23.7. The van der Waals surface area contributed by atoms with Crippen LogP contribution in [0, 0.1) is 20.8 Å². The summed E-state index contributed by atoms with van der Waals surface area (Å²) < 4.78 is 11.4. The molecule has 0 saturated carbocycles. The maximum atomic E-state index is 13.1. The van der Waals surface area contributed by atoms with Crippen LogP contribution in [0.25, 0.3) is 6.08 Å². The normalized spacial score (nSPS) is 12.1. The number of aromatic nitrogens is 1. The van der Waals surface area contributed by atoms with Crippen molar-refractivity contribution in [1.82, 2.24) is 4.98 Å². The van der Waals surface area contributed by atoms with Crippen molar-refractivity contribution in [2.24, 2.45) is 0 Å². The predicted molar refractivity (Wildman–Crippen MR) is 133 cm³/mol. The highest BCUT2D eigenvalue weighted by Gasteiger charge is 2.25. The zero-order valence-electron chi connectivity index (χ0n) is 19.9. The highest BCUT2D eigenvalue weighted by Crippen LogP contribution is 2.41. The number of ether oxygens (including phenoxy) is 2. The molecule has 0 unspecified atom stereocenters. The van der Waals surface area contributed by atoms with Crippen molar-refractivity contribution in [1.29, 1.82) is 0 Å². The average molecular weight is 472 g/mol. The molecule has 2 aromatic carbocycles. The highest BCUT2D eigenvalue weighted by molar-refractivity contribution is 6.11. The van der Waals surface area contributed by atoms with Crippen molar-refractivity contribution in [3.05, 3.63) is 82.2 Å². The monoisotopic (exact) mass is 471 g/mol. The molecule has 0 fully saturated rings. The van der Waals surface area contributed by atoms with Gasteiger partial charge in [-0.2, -0.15) is 0 Å². The Morgan fingerprint density at radius 2 is 1.51 bits per heavy atom. The molecule has 1 aromatic heterocycles. The van der Waals surface area contributed by atoms with E-state index >= 15 is 0 Å². The summed E-state index contributed by atoms with van der Waals surface area (Å²) in [4.78, 5) is 41.2. The SMILES string of the molecule is CC(=O)Oc1c(C)c(C)c2c(c1C)C=C(C(=O)Nc1ccccc1NC(=O)c1ccncc1)CO2. The minimum atomic E-state index is -0.417. The molecular formula is C27H25N3O5. The van der Waals surface area contributed by atoms with Gasteiger partial charge in [-0.1, -0.05) is 12.1 Å². The summed E-state index contributed by atoms with van der Waals surface area (Å²) >= 11 is 0. The molecule has 178 valence electrons. The zero-order valence-corrected chi connectivity index (χ0v) is 19.9. The third-order valence-corrected chi connectivity index (χ3v) is 5.83. The Hall–Kier alpha value is -4.46. The number of hydrogen-bond acceptors (Lipinski definition) is 6. The Kier molecular flexibility index (Phi) is 6.64. The van der Waals surface area contributed by atoms with E-state index in [1.165, 1.54) is 19.3 Å². The summed E-state index contributed by atoms with van der Waals surface area (Å²) in [5.74, 6) is 0.0344. The summed E-state index contributed by atoms with van der Waals surface area (Å²) in [6.07, 6.45) is 4.82. The molecule has 3 aromatic rings. The smallest absolute Gasteiger partial charge is 0.308 e. The second-order valence-electron chi connectivity index (χ2n) is 8.19. The predicted octanol–water partition coefficient (Wildman–Crippen LogP) is 4.60. The van der Waals surface area contributed by atoms with E-state index in [2.05, 4.69) is 15.6 Å². The Bertz CT molecular complexity index is 1360. The van der Waals surface area contributed by atoms with Crippen LogP contribution in [0.4, 0.5) is 11.4 Å². The number of rotatable bonds is 5. The van der Waals surface area contributed by atoms with E-state index in [0.29, 0.717) is 45.1 Å². The number of para-hydroxylation sites is 2. The number of hydrogen-bond donors (Lipinski definition) is 2. The van der Waals surface area contributed by atoms with Crippen LogP contribution >= 0.6 is 0 Å². The van der Waals surface area contributed by atoms with Gasteiger partial charge in [-0.05, 0) is 62.2 Å². The Balaban J connectivity index is 1.60. The molecular weight excluding hydrogens is 446 g/mol. The van der Waals surface area contributed by atoms with Gasteiger partial charge in [0.1, 0.15) is 18.1 Å². The van der Waals surface area contributed by atoms with Gasteiger partial charge in [0, 0.05) is 36.0 Å². The summed E-state index contributed by atoms with van der Waals surface area (Å²) in [5.41, 5.74) is 4.83. The van der Waals surface area contributed by atoms with Crippen LogP contribution < -0.4 is 20.1 Å². The molecule has 0 aliphatic carbocycles. The van der Waals surface area contributed by atoms with Crippen LogP contribution in [0.2, 0.25) is 0 Å². The van der Waals surface area contributed by atoms with Crippen molar-refractivity contribution in [2.75, 3.05) is 17.2 Å². The van der Waals surface area contributed by atoms with Crippen LogP contribution in [-0.2, 0) is 9.59 Å². The number of nitrogens with one attached hydrogen (secondary N) is 2. The molecule has 0 radical (unpaired) electrons. The summed E-state index contributed by atoms with van der Waals surface area (Å²) in [6.45, 7) is 7.02. The Morgan fingerprint density at radius 1 is 0.886 bits per heavy atom. The fourth-order valence-corrected chi connectivity index (χ4v) is 3.87. The fourth-order valence-electron chi connectivity index (χ4n) is 3.87. The van der Waals surface area contributed by atoms with Crippen molar-refractivity contribution in [3.63, 3.8) is 0 Å². The van der Waals surface area contributed by atoms with E-state index in [-0.39, 0.29) is 18.4 Å². The third-order valence-electron chi connectivity index (χ3n) is 5.83. The number of amides is 2. The van der Waals surface area contributed by atoms with Crippen LogP contribution in [-0.4, -0.2) is 29.4 Å². The van der Waals surface area contributed by atoms with E-state index < -0.39 is 5.97 Å². The fraction of sp³-hybridized carbons (Fsp3) is 0.185. The quantitative estimate of drug-likeness (QED) is 0.416. The second kappa shape index (κ2) is 9.80. The molecule has 0 atom stereocenters. The standard InChI is InChI=1S/C27H25N3O5/c1-15-16(2)25-21(17(3)24(15)35-18(4)31)13-20(14-34-25)27(33)30-23-8-6-5-7-22(23)29-26(32)19-9-11-28-12-10-19/h5-13H,14H2,1-4H3,(H,29,32)(H,30,33). The van der Waals surface area contributed by atoms with Crippen LogP contribution in [0.5, 0.6) is 11.5 Å². The molecule has 35 heavy (non-hydrogen) atoms. The second-order valence-corrected chi connectivity index (χ2v) is 8.19. The molecule has 8 nitrogen and oxygen atoms in total. The van der Waals surface area contributed by atoms with Gasteiger partial charge >= 0.3 is 5.97 Å². The van der Waals surface area contributed by atoms with Gasteiger partial charge in [-0.15, -0.1) is 0 Å². The molecule has 0 saturated heterocycles. The molecule has 1 aliphatic rings. The van der Waals surface area contributed by atoms with Crippen molar-refractivity contribution >= 4 is 35.2 Å². The molecule has 2 N–H and O–H groups in total. The lowest BCUT2D eigenvalue weighted by Crippen LogP contribution is -2.23. The van der Waals surface area contributed by atoms with Gasteiger partial charge in [-0.25, -0.2) is 0 Å². The highest BCUT2D eigenvalue weighted by atomic mass is 16.5. The topological polar surface area (TPSA) is 107 Å². The lowest BCUT2D eigenvalue weighted by atomic mass is 9.94. The lowest BCUT2D eigenvalue weighted by Gasteiger charge is -2.24. The van der Waals surface area contributed by atoms with Gasteiger partial charge in [-0.3, -0.25) is 19.4 Å². The number of carbonyl (C=O) groups is 3. The third kappa shape index (κ3) is 4.91. The minimum absolute atomic E-state index is 0.0804. The largest absolute Gasteiger partial charge is 0.488 e. The number of nitrogens with zero attached hydrogens (tertiary/aromatic N) is 1. The van der Waals surface area contributed by atoms with Crippen molar-refractivity contribution < 1.29 is 23.9 Å². The molecule has 1 aliphatic heterocycles. The van der Waals surface area contributed by atoms with E-state index in [4.69, 9.17) is 9.47 Å². The Morgan fingerprint density at radius 3 is 2.14 bits per heavy atom. The van der Waals surface area contributed by atoms with Gasteiger partial charge in [0.25, 0.3) is 11.8 Å². The lowest BCUT2D eigenvalue weighted by molar-refractivity contribution is -0.132. The van der Waals surface area contributed by atoms with Crippen molar-refractivity contribution in [3.8, 4) is 11.5 Å². The van der Waals surface area contributed by atoms with Crippen LogP contribution in [0.3, 0.4) is 0 Å². The number of carbonyl (C=O) groups excluding carboxylic acids is 3. The van der Waals surface area contributed by atoms with Crippen molar-refractivity contribution in [2.45, 2.75) is 27.7 Å². The van der Waals surface area contributed by atoms with Gasteiger partial charge in [0.2, 0.25) is 0 Å². The summed E-state index contributed by atoms with van der Waals surface area (Å²) in [7, 11) is 0. The van der Waals surface area contributed by atoms with E-state index in [9.17, 15) is 14.4 Å². The van der Waals surface area contributed by atoms with Gasteiger partial charge in [0.15, 0.2) is 0 Å². The molecule has 2 heterocycles. The number of pyridine rings is 1. The molecule has 0 spiro atoms.